The second-order valence-corrected chi connectivity index (χ2v) is 5.36. The third-order valence-corrected chi connectivity index (χ3v) is 4.21. The van der Waals surface area contributed by atoms with Crippen LogP contribution in [0.2, 0.25) is 0 Å². The Balaban J connectivity index is 2.46. The average molecular weight is 299 g/mol. The van der Waals surface area contributed by atoms with E-state index in [0.717, 1.165) is 10.4 Å². The Labute approximate surface area is 106 Å². The van der Waals surface area contributed by atoms with Crippen molar-refractivity contribution in [1.29, 1.82) is 0 Å². The first-order valence-electron chi connectivity index (χ1n) is 4.77. The molecular weight excluding hydrogens is 288 g/mol. The van der Waals surface area contributed by atoms with Crippen molar-refractivity contribution in [3.63, 3.8) is 0 Å². The number of hydrogen-bond acceptors (Lipinski definition) is 3. The van der Waals surface area contributed by atoms with Gasteiger partial charge in [0.05, 0.1) is 16.7 Å². The Bertz CT molecular complexity index is 560. The fourth-order valence-corrected chi connectivity index (χ4v) is 2.58. The molecule has 0 bridgehead atoms. The Kier molecular flexibility index (Phi) is 3.16. The number of anilines is 1. The van der Waals surface area contributed by atoms with Gasteiger partial charge in [-0.15, -0.1) is 11.3 Å². The maximum atomic E-state index is 11.9. The summed E-state index contributed by atoms with van der Waals surface area (Å²) in [6.45, 7) is 2.40. The highest BCUT2D eigenvalue weighted by Crippen LogP contribution is 2.18. The zero-order valence-corrected chi connectivity index (χ0v) is 11.1. The van der Waals surface area contributed by atoms with Crippen molar-refractivity contribution >= 4 is 33.0 Å². The highest BCUT2D eigenvalue weighted by atomic mass is 79.9. The number of hydrogen-bond donors (Lipinski definition) is 1. The van der Waals surface area contributed by atoms with E-state index in [1.165, 1.54) is 0 Å². The van der Waals surface area contributed by atoms with Crippen molar-refractivity contribution in [3.8, 4) is 0 Å². The topological polar surface area (TPSA) is 48.0 Å². The predicted octanol–water partition coefficient (Wildman–Crippen LogP) is 2.61. The summed E-state index contributed by atoms with van der Waals surface area (Å²) < 4.78 is 2.17. The third kappa shape index (κ3) is 2.05. The van der Waals surface area contributed by atoms with Gasteiger partial charge >= 0.3 is 0 Å². The summed E-state index contributed by atoms with van der Waals surface area (Å²) in [5, 5.41) is 1.99. The predicted molar refractivity (Wildman–Crippen MR) is 71.0 cm³/mol. The SMILES string of the molecule is Cc1c(N)cn(Cc2cccs2)c(=O)c1Br. The van der Waals surface area contributed by atoms with Gasteiger partial charge in [-0.25, -0.2) is 0 Å². The minimum Gasteiger partial charge on any atom is -0.397 e. The molecule has 2 N–H and O–H groups in total. The second kappa shape index (κ2) is 4.43. The molecule has 5 heteroatoms. The molecule has 2 aromatic rings. The van der Waals surface area contributed by atoms with Gasteiger partial charge in [-0.2, -0.15) is 0 Å². The maximum absolute atomic E-state index is 11.9. The molecule has 2 aromatic heterocycles. The first-order chi connectivity index (χ1) is 7.59. The molecule has 16 heavy (non-hydrogen) atoms. The van der Waals surface area contributed by atoms with Gasteiger partial charge in [0.1, 0.15) is 0 Å². The number of nitrogens with two attached hydrogens (primary N) is 1. The van der Waals surface area contributed by atoms with Crippen molar-refractivity contribution in [2.24, 2.45) is 0 Å². The molecule has 0 aromatic carbocycles. The Hall–Kier alpha value is -1.07. The molecule has 0 unspecified atom stereocenters. The first-order valence-corrected chi connectivity index (χ1v) is 6.44. The van der Waals surface area contributed by atoms with Crippen LogP contribution in [0.4, 0.5) is 5.69 Å². The maximum Gasteiger partial charge on any atom is 0.265 e. The monoisotopic (exact) mass is 298 g/mol. The lowest BCUT2D eigenvalue weighted by molar-refractivity contribution is 0.765. The molecule has 0 amide bonds. The lowest BCUT2D eigenvalue weighted by atomic mass is 10.2. The normalized spacial score (nSPS) is 10.6. The summed E-state index contributed by atoms with van der Waals surface area (Å²) >= 11 is 4.90. The fraction of sp³-hybridized carbons (Fsp3) is 0.182. The molecule has 2 heterocycles. The van der Waals surface area contributed by atoms with Crippen LogP contribution < -0.4 is 11.3 Å². The van der Waals surface area contributed by atoms with E-state index in [-0.39, 0.29) is 5.56 Å². The van der Waals surface area contributed by atoms with Gasteiger partial charge < -0.3 is 10.3 Å². The number of nitrogens with zero attached hydrogens (tertiary/aromatic N) is 1. The molecule has 0 radical (unpaired) electrons. The molecule has 0 saturated heterocycles. The summed E-state index contributed by atoms with van der Waals surface area (Å²) in [4.78, 5) is 13.1. The lowest BCUT2D eigenvalue weighted by Gasteiger charge is -2.09. The molecule has 84 valence electrons. The first kappa shape index (κ1) is 11.4. The van der Waals surface area contributed by atoms with Gasteiger partial charge in [-0.1, -0.05) is 6.07 Å². The third-order valence-electron chi connectivity index (χ3n) is 2.41. The Morgan fingerprint density at radius 2 is 2.31 bits per heavy atom. The summed E-state index contributed by atoms with van der Waals surface area (Å²) in [6.07, 6.45) is 1.70. The molecule has 0 atom stereocenters. The molecule has 0 saturated carbocycles. The van der Waals surface area contributed by atoms with E-state index < -0.39 is 0 Å². The van der Waals surface area contributed by atoms with Crippen LogP contribution >= 0.6 is 27.3 Å². The highest BCUT2D eigenvalue weighted by molar-refractivity contribution is 9.10. The van der Waals surface area contributed by atoms with Crippen molar-refractivity contribution in [3.05, 3.63) is 49.0 Å². The van der Waals surface area contributed by atoms with Gasteiger partial charge in [0.25, 0.3) is 5.56 Å². The summed E-state index contributed by atoms with van der Waals surface area (Å²) in [7, 11) is 0. The number of rotatable bonds is 2. The number of halogens is 1. The van der Waals surface area contributed by atoms with Gasteiger partial charge in [0, 0.05) is 11.1 Å². The van der Waals surface area contributed by atoms with E-state index in [2.05, 4.69) is 15.9 Å². The van der Waals surface area contributed by atoms with Crippen LogP contribution in [0.3, 0.4) is 0 Å². The zero-order valence-electron chi connectivity index (χ0n) is 8.74. The summed E-state index contributed by atoms with van der Waals surface area (Å²) in [6, 6.07) is 3.97. The lowest BCUT2D eigenvalue weighted by Crippen LogP contribution is -2.22. The largest absolute Gasteiger partial charge is 0.397 e. The molecule has 0 spiro atoms. The molecule has 0 aliphatic heterocycles. The van der Waals surface area contributed by atoms with Gasteiger partial charge in [0.15, 0.2) is 0 Å². The van der Waals surface area contributed by atoms with Gasteiger partial charge in [-0.3, -0.25) is 4.79 Å². The number of thiophene rings is 1. The average Bonchev–Trinajstić information content (AvgIpc) is 2.76. The van der Waals surface area contributed by atoms with Crippen LogP contribution in [0.1, 0.15) is 10.4 Å². The second-order valence-electron chi connectivity index (χ2n) is 3.54. The molecule has 3 nitrogen and oxygen atoms in total. The van der Waals surface area contributed by atoms with Crippen molar-refractivity contribution < 1.29 is 0 Å². The highest BCUT2D eigenvalue weighted by Gasteiger charge is 2.08. The van der Waals surface area contributed by atoms with Crippen molar-refractivity contribution in [2.75, 3.05) is 5.73 Å². The molecule has 2 rings (SSSR count). The van der Waals surface area contributed by atoms with E-state index in [4.69, 9.17) is 5.73 Å². The van der Waals surface area contributed by atoms with Gasteiger partial charge in [0.2, 0.25) is 0 Å². The van der Waals surface area contributed by atoms with Crippen LogP contribution in [-0.4, -0.2) is 4.57 Å². The van der Waals surface area contributed by atoms with Crippen LogP contribution in [0.15, 0.2) is 33.0 Å². The fourth-order valence-electron chi connectivity index (χ4n) is 1.42. The van der Waals surface area contributed by atoms with Crippen molar-refractivity contribution in [2.45, 2.75) is 13.5 Å². The summed E-state index contributed by atoms with van der Waals surface area (Å²) in [5.74, 6) is 0. The van der Waals surface area contributed by atoms with E-state index in [1.807, 2.05) is 24.4 Å². The molecular formula is C11H11BrN2OS. The quantitative estimate of drug-likeness (QED) is 0.926. The summed E-state index contributed by atoms with van der Waals surface area (Å²) in [5.41, 5.74) is 7.22. The van der Waals surface area contributed by atoms with Crippen LogP contribution in [0.5, 0.6) is 0 Å². The minimum atomic E-state index is -0.0416. The van der Waals surface area contributed by atoms with Crippen LogP contribution in [-0.2, 0) is 6.54 Å². The number of aromatic nitrogens is 1. The van der Waals surface area contributed by atoms with Crippen molar-refractivity contribution in [1.82, 2.24) is 4.57 Å². The Morgan fingerprint density at radius 1 is 1.56 bits per heavy atom. The van der Waals surface area contributed by atoms with E-state index in [0.29, 0.717) is 16.7 Å². The number of pyridine rings is 1. The number of nitrogen functional groups attached to an aromatic ring is 1. The van der Waals surface area contributed by atoms with E-state index >= 15 is 0 Å². The van der Waals surface area contributed by atoms with Crippen LogP contribution in [0, 0.1) is 6.92 Å². The molecule has 0 aliphatic rings. The van der Waals surface area contributed by atoms with Crippen LogP contribution in [0.25, 0.3) is 0 Å². The zero-order chi connectivity index (χ0) is 11.7. The van der Waals surface area contributed by atoms with Gasteiger partial charge in [-0.05, 0) is 39.9 Å². The molecule has 0 aliphatic carbocycles. The van der Waals surface area contributed by atoms with E-state index in [9.17, 15) is 4.79 Å². The smallest absolute Gasteiger partial charge is 0.265 e. The standard InChI is InChI=1S/C11H11BrN2OS/c1-7-9(13)6-14(11(15)10(7)12)5-8-3-2-4-16-8/h2-4,6H,5,13H2,1H3. The van der Waals surface area contributed by atoms with E-state index in [1.54, 1.807) is 22.1 Å². The molecule has 0 fully saturated rings. The minimum absolute atomic E-state index is 0.0416. The Morgan fingerprint density at radius 3 is 2.94 bits per heavy atom.